The van der Waals surface area contributed by atoms with Gasteiger partial charge in [0.05, 0.1) is 0 Å². The van der Waals surface area contributed by atoms with Crippen LogP contribution in [0.25, 0.3) is 0 Å². The van der Waals surface area contributed by atoms with Gasteiger partial charge in [-0.2, -0.15) is 0 Å². The minimum Gasteiger partial charge on any atom is -0.508 e. The number of aromatic hydroxyl groups is 1. The summed E-state index contributed by atoms with van der Waals surface area (Å²) in [5.41, 5.74) is 2.00. The van der Waals surface area contributed by atoms with Crippen molar-refractivity contribution in [3.8, 4) is 5.75 Å². The summed E-state index contributed by atoms with van der Waals surface area (Å²) in [5, 5.41) is 13.3. The molecule has 0 aromatic heterocycles. The van der Waals surface area contributed by atoms with Crippen LogP contribution in [0.5, 0.6) is 5.75 Å². The number of anilines is 1. The Labute approximate surface area is 115 Å². The van der Waals surface area contributed by atoms with Crippen molar-refractivity contribution in [1.29, 1.82) is 0 Å². The van der Waals surface area contributed by atoms with Gasteiger partial charge in [0.2, 0.25) is 0 Å². The largest absolute Gasteiger partial charge is 0.508 e. The standard InChI is InChI=1S/C15H24N2O2/c1-11(16-2)14-5-4-13(10-15(14)18)17(3)12-6-8-19-9-7-12/h4-5,10-12,16,18H,6-9H2,1-3H3. The van der Waals surface area contributed by atoms with Crippen molar-refractivity contribution in [1.82, 2.24) is 5.32 Å². The summed E-state index contributed by atoms with van der Waals surface area (Å²) >= 11 is 0. The third kappa shape index (κ3) is 3.19. The molecule has 1 fully saturated rings. The normalized spacial score (nSPS) is 18.3. The average Bonchev–Trinajstić information content (AvgIpc) is 2.46. The highest BCUT2D eigenvalue weighted by Crippen LogP contribution is 2.30. The second-order valence-corrected chi connectivity index (χ2v) is 5.21. The Hall–Kier alpha value is -1.26. The van der Waals surface area contributed by atoms with Crippen molar-refractivity contribution in [2.24, 2.45) is 0 Å². The highest BCUT2D eigenvalue weighted by molar-refractivity contribution is 5.54. The number of phenols is 1. The molecule has 0 bridgehead atoms. The molecule has 0 amide bonds. The smallest absolute Gasteiger partial charge is 0.122 e. The molecular formula is C15H24N2O2. The molecule has 4 heteroatoms. The van der Waals surface area contributed by atoms with Crippen LogP contribution >= 0.6 is 0 Å². The fourth-order valence-electron chi connectivity index (χ4n) is 2.56. The van der Waals surface area contributed by atoms with E-state index in [1.165, 1.54) is 0 Å². The Bertz CT molecular complexity index is 417. The van der Waals surface area contributed by atoms with E-state index < -0.39 is 0 Å². The summed E-state index contributed by atoms with van der Waals surface area (Å²) in [5.74, 6) is 0.359. The molecule has 0 aliphatic carbocycles. The number of hydrogen-bond donors (Lipinski definition) is 2. The number of ether oxygens (including phenoxy) is 1. The Morgan fingerprint density at radius 2 is 2.05 bits per heavy atom. The Kier molecular flexibility index (Phi) is 4.66. The van der Waals surface area contributed by atoms with Crippen LogP contribution in [-0.4, -0.2) is 38.5 Å². The molecule has 19 heavy (non-hydrogen) atoms. The second kappa shape index (κ2) is 6.26. The van der Waals surface area contributed by atoms with Crippen molar-refractivity contribution in [2.45, 2.75) is 31.8 Å². The van der Waals surface area contributed by atoms with Crippen LogP contribution in [0.4, 0.5) is 5.69 Å². The molecule has 1 aliphatic rings. The minimum absolute atomic E-state index is 0.155. The number of phenolic OH excluding ortho intramolecular Hbond substituents is 1. The summed E-state index contributed by atoms with van der Waals surface area (Å²) in [7, 11) is 3.98. The van der Waals surface area contributed by atoms with E-state index in [1.807, 2.05) is 26.1 Å². The van der Waals surface area contributed by atoms with Gasteiger partial charge < -0.3 is 20.1 Å². The maximum atomic E-state index is 10.1. The van der Waals surface area contributed by atoms with Gasteiger partial charge >= 0.3 is 0 Å². The van der Waals surface area contributed by atoms with E-state index in [-0.39, 0.29) is 6.04 Å². The van der Waals surface area contributed by atoms with Gasteiger partial charge in [0.1, 0.15) is 5.75 Å². The molecule has 1 aliphatic heterocycles. The molecular weight excluding hydrogens is 240 g/mol. The topological polar surface area (TPSA) is 44.7 Å². The molecule has 4 nitrogen and oxygen atoms in total. The van der Waals surface area contributed by atoms with Gasteiger partial charge in [0.15, 0.2) is 0 Å². The van der Waals surface area contributed by atoms with Crippen LogP contribution in [0.15, 0.2) is 18.2 Å². The maximum Gasteiger partial charge on any atom is 0.122 e. The third-order valence-electron chi connectivity index (χ3n) is 4.06. The summed E-state index contributed by atoms with van der Waals surface area (Å²) in [6.45, 7) is 3.70. The quantitative estimate of drug-likeness (QED) is 0.876. The van der Waals surface area contributed by atoms with E-state index in [0.29, 0.717) is 11.8 Å². The van der Waals surface area contributed by atoms with Crippen LogP contribution in [0.2, 0.25) is 0 Å². The number of hydrogen-bond acceptors (Lipinski definition) is 4. The van der Waals surface area contributed by atoms with Crippen LogP contribution in [0.1, 0.15) is 31.4 Å². The van der Waals surface area contributed by atoms with Crippen LogP contribution in [0, 0.1) is 0 Å². The van der Waals surface area contributed by atoms with Crippen LogP contribution in [-0.2, 0) is 4.74 Å². The molecule has 1 unspecified atom stereocenters. The first-order valence-corrected chi connectivity index (χ1v) is 6.94. The fourth-order valence-corrected chi connectivity index (χ4v) is 2.56. The first kappa shape index (κ1) is 14.2. The lowest BCUT2D eigenvalue weighted by atomic mass is 10.0. The van der Waals surface area contributed by atoms with Crippen molar-refractivity contribution in [3.05, 3.63) is 23.8 Å². The number of nitrogens with zero attached hydrogens (tertiary/aromatic N) is 1. The molecule has 1 saturated heterocycles. The molecule has 1 atom stereocenters. The third-order valence-corrected chi connectivity index (χ3v) is 4.06. The van der Waals surface area contributed by atoms with E-state index in [0.717, 1.165) is 37.3 Å². The van der Waals surface area contributed by atoms with Gasteiger partial charge in [-0.1, -0.05) is 6.07 Å². The molecule has 106 valence electrons. The summed E-state index contributed by atoms with van der Waals surface area (Å²) in [4.78, 5) is 2.25. The monoisotopic (exact) mass is 264 g/mol. The summed E-state index contributed by atoms with van der Waals surface area (Å²) < 4.78 is 5.39. The van der Waals surface area contributed by atoms with Crippen molar-refractivity contribution in [3.63, 3.8) is 0 Å². The molecule has 0 saturated carbocycles. The Morgan fingerprint density at radius 1 is 1.37 bits per heavy atom. The SMILES string of the molecule is CNC(C)c1ccc(N(C)C2CCOCC2)cc1O. The minimum atomic E-state index is 0.155. The van der Waals surface area contributed by atoms with E-state index in [1.54, 1.807) is 0 Å². The van der Waals surface area contributed by atoms with Crippen molar-refractivity contribution in [2.75, 3.05) is 32.2 Å². The summed E-state index contributed by atoms with van der Waals surface area (Å²) in [6.07, 6.45) is 2.10. The van der Waals surface area contributed by atoms with Gasteiger partial charge in [-0.15, -0.1) is 0 Å². The lowest BCUT2D eigenvalue weighted by molar-refractivity contribution is 0.0855. The first-order valence-electron chi connectivity index (χ1n) is 6.94. The number of benzene rings is 1. The Balaban J connectivity index is 2.14. The van der Waals surface area contributed by atoms with Gasteiger partial charge in [-0.05, 0) is 32.9 Å². The molecule has 1 aromatic rings. The zero-order valence-corrected chi connectivity index (χ0v) is 12.0. The average molecular weight is 264 g/mol. The van der Waals surface area contributed by atoms with Crippen molar-refractivity contribution >= 4 is 5.69 Å². The predicted octanol–water partition coefficient (Wildman–Crippen LogP) is 2.29. The predicted molar refractivity (Wildman–Crippen MR) is 77.8 cm³/mol. The molecule has 1 heterocycles. The summed E-state index contributed by atoms with van der Waals surface area (Å²) in [6, 6.07) is 6.60. The molecule has 1 aromatic carbocycles. The highest BCUT2D eigenvalue weighted by Gasteiger charge is 2.19. The molecule has 0 radical (unpaired) electrons. The number of rotatable bonds is 4. The maximum absolute atomic E-state index is 10.1. The lowest BCUT2D eigenvalue weighted by Gasteiger charge is -2.33. The molecule has 2 rings (SSSR count). The van der Waals surface area contributed by atoms with Crippen LogP contribution < -0.4 is 10.2 Å². The second-order valence-electron chi connectivity index (χ2n) is 5.21. The van der Waals surface area contributed by atoms with Crippen molar-refractivity contribution < 1.29 is 9.84 Å². The van der Waals surface area contributed by atoms with E-state index in [9.17, 15) is 5.11 Å². The van der Waals surface area contributed by atoms with Crippen LogP contribution in [0.3, 0.4) is 0 Å². The number of nitrogens with one attached hydrogen (secondary N) is 1. The van der Waals surface area contributed by atoms with E-state index >= 15 is 0 Å². The fraction of sp³-hybridized carbons (Fsp3) is 0.600. The Morgan fingerprint density at radius 3 is 2.63 bits per heavy atom. The highest BCUT2D eigenvalue weighted by atomic mass is 16.5. The zero-order valence-electron chi connectivity index (χ0n) is 12.0. The lowest BCUT2D eigenvalue weighted by Crippen LogP contribution is -2.36. The van der Waals surface area contributed by atoms with Gasteiger partial charge in [-0.25, -0.2) is 0 Å². The molecule has 0 spiro atoms. The van der Waals surface area contributed by atoms with Gasteiger partial charge in [-0.3, -0.25) is 0 Å². The van der Waals surface area contributed by atoms with Gasteiger partial charge in [0, 0.05) is 49.7 Å². The molecule has 2 N–H and O–H groups in total. The van der Waals surface area contributed by atoms with Gasteiger partial charge in [0.25, 0.3) is 0 Å². The first-order chi connectivity index (χ1) is 9.13. The van der Waals surface area contributed by atoms with E-state index in [4.69, 9.17) is 4.74 Å². The van der Waals surface area contributed by atoms with E-state index in [2.05, 4.69) is 23.3 Å². The zero-order chi connectivity index (χ0) is 13.8.